The average Bonchev–Trinajstić information content (AvgIpc) is 2.48. The summed E-state index contributed by atoms with van der Waals surface area (Å²) in [5.74, 6) is 0. The van der Waals surface area contributed by atoms with Crippen molar-refractivity contribution in [3.63, 3.8) is 0 Å². The van der Waals surface area contributed by atoms with Crippen LogP contribution < -0.4 is 13.9 Å². The van der Waals surface area contributed by atoms with Gasteiger partial charge in [0, 0.05) is 21.3 Å². The Bertz CT molecular complexity index is 270. The molecule has 0 aromatic carbocycles. The zero-order chi connectivity index (χ0) is 16.0. The molecule has 1 heterocycles. The van der Waals surface area contributed by atoms with Gasteiger partial charge in [-0.1, -0.05) is 40.0 Å². The second-order valence-corrected chi connectivity index (χ2v) is 16.4. The van der Waals surface area contributed by atoms with Crippen molar-refractivity contribution in [2.75, 3.05) is 21.3 Å². The van der Waals surface area contributed by atoms with E-state index in [0.717, 1.165) is 37.4 Å². The van der Waals surface area contributed by atoms with Crippen LogP contribution in [0.25, 0.3) is 0 Å². The Hall–Kier alpha value is 0.411. The molecule has 0 aliphatic carbocycles. The lowest BCUT2D eigenvalue weighted by Crippen LogP contribution is -2.93. The van der Waals surface area contributed by atoms with Gasteiger partial charge in [-0.15, -0.1) is 0 Å². The minimum atomic E-state index is -2.23. The van der Waals surface area contributed by atoms with Gasteiger partial charge in [-0.3, -0.25) is 13.9 Å². The second kappa shape index (κ2) is 8.32. The first-order chi connectivity index (χ1) is 9.99. The molecule has 0 amide bonds. The zero-order valence-electron chi connectivity index (χ0n) is 14.5. The van der Waals surface area contributed by atoms with Gasteiger partial charge in [0.15, 0.2) is 0 Å². The summed E-state index contributed by atoms with van der Waals surface area (Å²) in [5.41, 5.74) is 0. The quantitative estimate of drug-likeness (QED) is 0.550. The fraction of sp³-hybridized carbons (Fsp3) is 1.00. The Morgan fingerprint density at radius 3 is 0.952 bits per heavy atom. The molecule has 9 heteroatoms. The molecule has 126 valence electrons. The summed E-state index contributed by atoms with van der Waals surface area (Å²) < 4.78 is 29.4. The van der Waals surface area contributed by atoms with Gasteiger partial charge in [-0.25, -0.2) is 0 Å². The molecule has 6 nitrogen and oxygen atoms in total. The molecule has 1 fully saturated rings. The maximum atomic E-state index is 6.01. The highest BCUT2D eigenvalue weighted by molar-refractivity contribution is 7.01. The maximum absolute atomic E-state index is 6.01. The molecule has 0 bridgehead atoms. The molecule has 0 unspecified atom stereocenters. The molecular weight excluding hydrogens is 318 g/mol. The molecule has 1 saturated heterocycles. The van der Waals surface area contributed by atoms with Gasteiger partial charge in [0.1, 0.15) is 0 Å². The summed E-state index contributed by atoms with van der Waals surface area (Å²) in [6.45, 7) is 6.60. The lowest BCUT2D eigenvalue weighted by molar-refractivity contribution is 0.312. The standard InChI is InChI=1S/C12H33N3O3Si3/c1-7-10-19(16-4)13-20(17-5,11-8-2)15-21(14-19,18-6)12-9-3/h13-15H,7-12H2,1-6H3. The third-order valence-corrected chi connectivity index (χ3v) is 19.5. The van der Waals surface area contributed by atoms with Crippen LogP contribution in [0.1, 0.15) is 40.0 Å². The van der Waals surface area contributed by atoms with E-state index in [-0.39, 0.29) is 0 Å². The molecule has 21 heavy (non-hydrogen) atoms. The van der Waals surface area contributed by atoms with Crippen molar-refractivity contribution < 1.29 is 13.3 Å². The molecular formula is C12H33N3O3Si3. The van der Waals surface area contributed by atoms with Gasteiger partial charge >= 0.3 is 25.9 Å². The van der Waals surface area contributed by atoms with Crippen LogP contribution in [-0.4, -0.2) is 47.3 Å². The Morgan fingerprint density at radius 1 is 0.571 bits per heavy atom. The van der Waals surface area contributed by atoms with Gasteiger partial charge in [0.2, 0.25) is 0 Å². The molecule has 0 radical (unpaired) electrons. The molecule has 0 atom stereocenters. The third kappa shape index (κ3) is 4.45. The average molecular weight is 352 g/mol. The van der Waals surface area contributed by atoms with Crippen LogP contribution in [0, 0.1) is 0 Å². The molecule has 1 aliphatic heterocycles. The normalized spacial score (nSPS) is 36.9. The van der Waals surface area contributed by atoms with Crippen molar-refractivity contribution in [3.05, 3.63) is 0 Å². The smallest absolute Gasteiger partial charge is 0.343 e. The van der Waals surface area contributed by atoms with E-state index in [1.165, 1.54) is 0 Å². The molecule has 1 rings (SSSR count). The van der Waals surface area contributed by atoms with Crippen molar-refractivity contribution in [3.8, 4) is 0 Å². The Labute approximate surface area is 133 Å². The van der Waals surface area contributed by atoms with Crippen molar-refractivity contribution >= 4 is 25.9 Å². The largest absolute Gasteiger partial charge is 0.396 e. The first kappa shape index (κ1) is 19.5. The predicted octanol–water partition coefficient (Wildman–Crippen LogP) is 1.75. The third-order valence-electron chi connectivity index (χ3n) is 4.06. The van der Waals surface area contributed by atoms with E-state index in [4.69, 9.17) is 13.3 Å². The van der Waals surface area contributed by atoms with Crippen LogP contribution in [0.3, 0.4) is 0 Å². The minimum Gasteiger partial charge on any atom is -0.396 e. The molecule has 1 aliphatic rings. The lowest BCUT2D eigenvalue weighted by Gasteiger charge is -2.52. The van der Waals surface area contributed by atoms with Gasteiger partial charge in [-0.05, 0) is 18.1 Å². The monoisotopic (exact) mass is 351 g/mol. The minimum absolute atomic E-state index is 1.02. The van der Waals surface area contributed by atoms with E-state index in [0.29, 0.717) is 0 Å². The van der Waals surface area contributed by atoms with Crippen LogP contribution in [0.15, 0.2) is 0 Å². The number of nitrogens with one attached hydrogen (secondary N) is 3. The van der Waals surface area contributed by atoms with Gasteiger partial charge in [0.25, 0.3) is 0 Å². The van der Waals surface area contributed by atoms with E-state index in [2.05, 4.69) is 34.7 Å². The summed E-state index contributed by atoms with van der Waals surface area (Å²) in [4.78, 5) is 0. The summed E-state index contributed by atoms with van der Waals surface area (Å²) >= 11 is 0. The Balaban J connectivity index is 3.18. The van der Waals surface area contributed by atoms with Crippen LogP contribution in [-0.2, 0) is 13.3 Å². The van der Waals surface area contributed by atoms with Crippen LogP contribution in [0.2, 0.25) is 18.1 Å². The second-order valence-electron chi connectivity index (χ2n) is 5.72. The fourth-order valence-corrected chi connectivity index (χ4v) is 21.6. The SMILES string of the molecule is CCC[Si]1(OC)N[Si](CCC)(OC)N[Si](CCC)(OC)N1. The predicted molar refractivity (Wildman–Crippen MR) is 93.0 cm³/mol. The number of hydrogen-bond acceptors (Lipinski definition) is 6. The van der Waals surface area contributed by atoms with Crippen molar-refractivity contribution in [1.82, 2.24) is 13.9 Å². The summed E-state index contributed by atoms with van der Waals surface area (Å²) in [6, 6.07) is 3.07. The molecule has 0 aromatic heterocycles. The van der Waals surface area contributed by atoms with Gasteiger partial charge < -0.3 is 13.3 Å². The van der Waals surface area contributed by atoms with Gasteiger partial charge in [-0.2, -0.15) is 0 Å². The Kier molecular flexibility index (Phi) is 7.70. The van der Waals surface area contributed by atoms with Crippen LogP contribution in [0.5, 0.6) is 0 Å². The summed E-state index contributed by atoms with van der Waals surface area (Å²) in [7, 11) is -1.26. The number of hydrogen-bond donors (Lipinski definition) is 3. The van der Waals surface area contributed by atoms with E-state index >= 15 is 0 Å². The van der Waals surface area contributed by atoms with Crippen molar-refractivity contribution in [1.29, 1.82) is 0 Å². The topological polar surface area (TPSA) is 63.8 Å². The highest BCUT2D eigenvalue weighted by Crippen LogP contribution is 2.24. The molecule has 0 saturated carbocycles. The van der Waals surface area contributed by atoms with Crippen LogP contribution >= 0.6 is 0 Å². The highest BCUT2D eigenvalue weighted by atomic mass is 28.5. The first-order valence-corrected chi connectivity index (χ1v) is 14.4. The summed E-state index contributed by atoms with van der Waals surface area (Å²) in [6.07, 6.45) is 3.25. The Morgan fingerprint density at radius 2 is 0.810 bits per heavy atom. The van der Waals surface area contributed by atoms with E-state index in [9.17, 15) is 0 Å². The van der Waals surface area contributed by atoms with Crippen molar-refractivity contribution in [2.24, 2.45) is 0 Å². The number of rotatable bonds is 9. The van der Waals surface area contributed by atoms with Crippen molar-refractivity contribution in [2.45, 2.75) is 58.2 Å². The van der Waals surface area contributed by atoms with E-state index in [1.807, 2.05) is 21.3 Å². The van der Waals surface area contributed by atoms with Gasteiger partial charge in [0.05, 0.1) is 0 Å². The molecule has 0 aromatic rings. The fourth-order valence-electron chi connectivity index (χ4n) is 3.12. The lowest BCUT2D eigenvalue weighted by atomic mass is 10.6. The highest BCUT2D eigenvalue weighted by Gasteiger charge is 2.60. The molecule has 3 N–H and O–H groups in total. The van der Waals surface area contributed by atoms with E-state index < -0.39 is 25.9 Å². The molecule has 0 spiro atoms. The van der Waals surface area contributed by atoms with E-state index in [1.54, 1.807) is 0 Å². The zero-order valence-corrected chi connectivity index (χ0v) is 17.5. The summed E-state index contributed by atoms with van der Waals surface area (Å²) in [5, 5.41) is 0. The maximum Gasteiger partial charge on any atom is 0.343 e. The first-order valence-electron chi connectivity index (χ1n) is 8.02. The van der Waals surface area contributed by atoms with Crippen LogP contribution in [0.4, 0.5) is 0 Å².